The van der Waals surface area contributed by atoms with E-state index < -0.39 is 0 Å². The van der Waals surface area contributed by atoms with Crippen molar-refractivity contribution in [3.8, 4) is 22.5 Å². The zero-order valence-electron chi connectivity index (χ0n) is 15.7. The maximum absolute atomic E-state index is 5.55. The van der Waals surface area contributed by atoms with Crippen LogP contribution in [0.4, 0.5) is 0 Å². The van der Waals surface area contributed by atoms with Gasteiger partial charge in [-0.1, -0.05) is 36.4 Å². The van der Waals surface area contributed by atoms with Crippen LogP contribution in [0.5, 0.6) is 0 Å². The van der Waals surface area contributed by atoms with Crippen LogP contribution in [0.2, 0.25) is 0 Å². The molecule has 1 saturated heterocycles. The normalized spacial score (nSPS) is 18.9. The molecule has 1 fully saturated rings. The lowest BCUT2D eigenvalue weighted by Crippen LogP contribution is -2.31. The van der Waals surface area contributed by atoms with E-state index in [1.54, 1.807) is 0 Å². The Hall–Kier alpha value is -3.48. The summed E-state index contributed by atoms with van der Waals surface area (Å²) in [5.41, 5.74) is 6.76. The molecule has 6 rings (SSSR count). The number of hydrogen-bond acceptors (Lipinski definition) is 4. The number of nitrogens with zero attached hydrogens (tertiary/aromatic N) is 2. The fourth-order valence-corrected chi connectivity index (χ4v) is 3.81. The first kappa shape index (κ1) is 16.5. The van der Waals surface area contributed by atoms with Crippen LogP contribution in [-0.4, -0.2) is 26.5 Å². The van der Waals surface area contributed by atoms with Crippen LogP contribution in [-0.2, 0) is 9.47 Å². The number of aromatic nitrogens is 4. The van der Waals surface area contributed by atoms with Gasteiger partial charge in [0.25, 0.3) is 0 Å². The fourth-order valence-electron chi connectivity index (χ4n) is 3.81. The second-order valence-corrected chi connectivity index (χ2v) is 7.24. The summed E-state index contributed by atoms with van der Waals surface area (Å²) in [6.45, 7) is 1.89. The molecule has 0 amide bonds. The van der Waals surface area contributed by atoms with Crippen LogP contribution >= 0.6 is 0 Å². The molecule has 5 aromatic rings. The van der Waals surface area contributed by atoms with Gasteiger partial charge in [0.05, 0.1) is 5.69 Å². The summed E-state index contributed by atoms with van der Waals surface area (Å²) in [5.74, 6) is 0. The second-order valence-electron chi connectivity index (χ2n) is 7.24. The molecule has 0 spiro atoms. The molecule has 2 aromatic carbocycles. The molecule has 0 bridgehead atoms. The van der Waals surface area contributed by atoms with E-state index in [1.165, 1.54) is 5.39 Å². The Bertz CT molecular complexity index is 1330. The number of hydrogen-bond donors (Lipinski definition) is 2. The Morgan fingerprint density at radius 1 is 0.897 bits per heavy atom. The third-order valence-corrected chi connectivity index (χ3v) is 5.36. The number of aromatic amines is 2. The quantitative estimate of drug-likeness (QED) is 0.452. The third kappa shape index (κ3) is 2.73. The van der Waals surface area contributed by atoms with E-state index in [2.05, 4.69) is 45.5 Å². The average Bonchev–Trinajstić information content (AvgIpc) is 3.37. The number of rotatable bonds is 3. The largest absolute Gasteiger partial charge is 0.361 e. The standard InChI is InChI=1S/C23H18N4O2/c1-13-28-23(29-13)16-5-3-15(4-6-16)21-18-8-9-19(25-22(18)27-26-21)17-7-2-14-10-11-24-20(14)12-17/h2-13,23-24H,1H3,(H,25,26,27). The molecule has 142 valence electrons. The van der Waals surface area contributed by atoms with Gasteiger partial charge in [-0.25, -0.2) is 4.98 Å². The second kappa shape index (κ2) is 6.27. The van der Waals surface area contributed by atoms with Crippen molar-refractivity contribution in [1.29, 1.82) is 0 Å². The lowest BCUT2D eigenvalue weighted by molar-refractivity contribution is -0.382. The van der Waals surface area contributed by atoms with Crippen molar-refractivity contribution in [2.24, 2.45) is 0 Å². The van der Waals surface area contributed by atoms with Gasteiger partial charge in [-0.15, -0.1) is 0 Å². The van der Waals surface area contributed by atoms with Crippen molar-refractivity contribution in [3.63, 3.8) is 0 Å². The minimum atomic E-state index is -0.267. The molecular formula is C23H18N4O2. The first-order valence-electron chi connectivity index (χ1n) is 9.58. The van der Waals surface area contributed by atoms with Crippen molar-refractivity contribution in [2.45, 2.75) is 19.5 Å². The number of ether oxygens (including phenoxy) is 2. The highest BCUT2D eigenvalue weighted by Crippen LogP contribution is 2.33. The lowest BCUT2D eigenvalue weighted by atomic mass is 10.0. The summed E-state index contributed by atoms with van der Waals surface area (Å²) in [6.07, 6.45) is 1.55. The van der Waals surface area contributed by atoms with E-state index in [0.29, 0.717) is 0 Å². The van der Waals surface area contributed by atoms with Gasteiger partial charge in [0.15, 0.2) is 18.2 Å². The molecular weight excluding hydrogens is 364 g/mol. The van der Waals surface area contributed by atoms with E-state index in [0.717, 1.165) is 44.6 Å². The minimum absolute atomic E-state index is 0.132. The molecule has 29 heavy (non-hydrogen) atoms. The number of fused-ring (bicyclic) bond motifs is 2. The van der Waals surface area contributed by atoms with Gasteiger partial charge in [-0.2, -0.15) is 5.10 Å². The van der Waals surface area contributed by atoms with E-state index in [9.17, 15) is 0 Å². The Balaban J connectivity index is 1.34. The van der Waals surface area contributed by atoms with E-state index in [-0.39, 0.29) is 12.6 Å². The summed E-state index contributed by atoms with van der Waals surface area (Å²) in [7, 11) is 0. The van der Waals surface area contributed by atoms with Gasteiger partial charge >= 0.3 is 0 Å². The Labute approximate surface area is 166 Å². The average molecular weight is 382 g/mol. The zero-order chi connectivity index (χ0) is 19.4. The molecule has 0 atom stereocenters. The Morgan fingerprint density at radius 2 is 1.72 bits per heavy atom. The van der Waals surface area contributed by atoms with Crippen LogP contribution in [0.15, 0.2) is 66.9 Å². The highest BCUT2D eigenvalue weighted by molar-refractivity contribution is 5.92. The summed E-state index contributed by atoms with van der Waals surface area (Å²) < 4.78 is 11.1. The zero-order valence-corrected chi connectivity index (χ0v) is 15.7. The molecule has 0 saturated carbocycles. The predicted molar refractivity (Wildman–Crippen MR) is 111 cm³/mol. The molecule has 1 aliphatic rings. The minimum Gasteiger partial charge on any atom is -0.361 e. The van der Waals surface area contributed by atoms with Gasteiger partial charge in [0.2, 0.25) is 0 Å². The molecule has 1 aliphatic heterocycles. The van der Waals surface area contributed by atoms with E-state index >= 15 is 0 Å². The van der Waals surface area contributed by atoms with Crippen LogP contribution in [0.1, 0.15) is 18.8 Å². The Kier molecular flexibility index (Phi) is 3.56. The van der Waals surface area contributed by atoms with E-state index in [1.807, 2.05) is 43.5 Å². The number of H-pyrrole nitrogens is 2. The SMILES string of the molecule is CC1OC(c2ccc(-c3n[nH]c4nc(-c5ccc6cc[nH]c6c5)ccc34)cc2)O1. The molecule has 6 heteroatoms. The maximum atomic E-state index is 5.55. The van der Waals surface area contributed by atoms with Gasteiger partial charge in [0.1, 0.15) is 5.69 Å². The number of benzene rings is 2. The summed E-state index contributed by atoms with van der Waals surface area (Å²) >= 11 is 0. The predicted octanol–water partition coefficient (Wildman–Crippen LogP) is 5.16. The number of pyridine rings is 1. The summed E-state index contributed by atoms with van der Waals surface area (Å²) in [5, 5.41) is 9.76. The van der Waals surface area contributed by atoms with Crippen molar-refractivity contribution < 1.29 is 9.47 Å². The molecule has 2 N–H and O–H groups in total. The van der Waals surface area contributed by atoms with Gasteiger partial charge in [0, 0.05) is 33.8 Å². The molecule has 6 nitrogen and oxygen atoms in total. The molecule has 3 aromatic heterocycles. The Morgan fingerprint density at radius 3 is 2.55 bits per heavy atom. The monoisotopic (exact) mass is 382 g/mol. The molecule has 4 heterocycles. The van der Waals surface area contributed by atoms with Crippen molar-refractivity contribution >= 4 is 21.9 Å². The van der Waals surface area contributed by atoms with Crippen molar-refractivity contribution in [1.82, 2.24) is 20.2 Å². The summed E-state index contributed by atoms with van der Waals surface area (Å²) in [6, 6.07) is 20.6. The smallest absolute Gasteiger partial charge is 0.189 e. The van der Waals surface area contributed by atoms with Crippen LogP contribution < -0.4 is 0 Å². The van der Waals surface area contributed by atoms with Gasteiger partial charge < -0.3 is 14.5 Å². The topological polar surface area (TPSA) is 75.8 Å². The van der Waals surface area contributed by atoms with Crippen molar-refractivity contribution in [3.05, 3.63) is 72.4 Å². The number of nitrogens with one attached hydrogen (secondary N) is 2. The molecule has 0 radical (unpaired) electrons. The maximum Gasteiger partial charge on any atom is 0.189 e. The van der Waals surface area contributed by atoms with E-state index in [4.69, 9.17) is 14.5 Å². The summed E-state index contributed by atoms with van der Waals surface area (Å²) in [4.78, 5) is 8.04. The lowest BCUT2D eigenvalue weighted by Gasteiger charge is -2.33. The third-order valence-electron chi connectivity index (χ3n) is 5.36. The van der Waals surface area contributed by atoms with Crippen LogP contribution in [0.3, 0.4) is 0 Å². The van der Waals surface area contributed by atoms with Gasteiger partial charge in [-0.3, -0.25) is 5.10 Å². The van der Waals surface area contributed by atoms with Crippen LogP contribution in [0, 0.1) is 0 Å². The van der Waals surface area contributed by atoms with Crippen LogP contribution in [0.25, 0.3) is 44.5 Å². The van der Waals surface area contributed by atoms with Crippen molar-refractivity contribution in [2.75, 3.05) is 0 Å². The fraction of sp³-hybridized carbons (Fsp3) is 0.130. The highest BCUT2D eigenvalue weighted by Gasteiger charge is 2.28. The first-order valence-corrected chi connectivity index (χ1v) is 9.58. The van der Waals surface area contributed by atoms with Gasteiger partial charge in [-0.05, 0) is 36.6 Å². The molecule has 0 aliphatic carbocycles. The first-order chi connectivity index (χ1) is 14.2. The molecule has 0 unspecified atom stereocenters. The highest BCUT2D eigenvalue weighted by atomic mass is 16.9.